The molecule has 4 aromatic carbocycles. The normalized spacial score (nSPS) is 12.2. The van der Waals surface area contributed by atoms with Gasteiger partial charge in [-0.25, -0.2) is 0 Å². The van der Waals surface area contributed by atoms with Crippen LogP contribution in [0.15, 0.2) is 60.7 Å². The molecule has 0 spiro atoms. The van der Waals surface area contributed by atoms with Crippen LogP contribution >= 0.6 is 0 Å². The van der Waals surface area contributed by atoms with Crippen molar-refractivity contribution in [3.8, 4) is 0 Å². The van der Waals surface area contributed by atoms with Crippen LogP contribution in [0.4, 0.5) is 22.7 Å². The zero-order chi connectivity index (χ0) is 34.2. The van der Waals surface area contributed by atoms with Crippen LogP contribution in [0.1, 0.15) is 145 Å². The molecule has 0 heterocycles. The van der Waals surface area contributed by atoms with E-state index in [-0.39, 0.29) is 11.6 Å². The fourth-order valence-electron chi connectivity index (χ4n) is 7.43. The molecule has 4 heteroatoms. The van der Waals surface area contributed by atoms with Crippen LogP contribution in [0.5, 0.6) is 0 Å². The van der Waals surface area contributed by atoms with Gasteiger partial charge in [-0.1, -0.05) is 129 Å². The van der Waals surface area contributed by atoms with E-state index in [4.69, 9.17) is 0 Å². The number of fused-ring (bicyclic) bond motifs is 2. The maximum absolute atomic E-state index is 14.5. The first kappa shape index (κ1) is 35.1. The minimum absolute atomic E-state index is 0.108. The number of carbonyl (C=O) groups is 2. The van der Waals surface area contributed by atoms with Gasteiger partial charge in [-0.05, 0) is 84.0 Å². The van der Waals surface area contributed by atoms with E-state index in [9.17, 15) is 9.59 Å². The molecule has 0 fully saturated rings. The highest BCUT2D eigenvalue weighted by molar-refractivity contribution is 6.32. The molecule has 0 aliphatic heterocycles. The van der Waals surface area contributed by atoms with Crippen molar-refractivity contribution in [2.24, 2.45) is 0 Å². The Morgan fingerprint density at radius 2 is 0.750 bits per heavy atom. The third kappa shape index (κ3) is 7.28. The topological polar surface area (TPSA) is 58.2 Å². The Hall–Kier alpha value is -4.18. The van der Waals surface area contributed by atoms with Gasteiger partial charge in [-0.3, -0.25) is 9.59 Å². The Morgan fingerprint density at radius 3 is 1.04 bits per heavy atom. The first-order valence-corrected chi connectivity index (χ1v) is 18.6. The number of rotatable bonds is 16. The predicted molar refractivity (Wildman–Crippen MR) is 203 cm³/mol. The molecule has 1 aliphatic carbocycles. The van der Waals surface area contributed by atoms with Gasteiger partial charge in [0.1, 0.15) is 0 Å². The average Bonchev–Trinajstić information content (AvgIpc) is 3.07. The van der Waals surface area contributed by atoms with E-state index in [0.717, 1.165) is 88.4 Å². The van der Waals surface area contributed by atoms with Gasteiger partial charge in [-0.15, -0.1) is 0 Å². The largest absolute Gasteiger partial charge is 0.354 e. The van der Waals surface area contributed by atoms with Gasteiger partial charge in [0.05, 0.1) is 22.5 Å². The van der Waals surface area contributed by atoms with Crippen LogP contribution in [0.25, 0.3) is 0 Å². The monoisotopic (exact) mass is 642 g/mol. The molecule has 0 radical (unpaired) electrons. The molecule has 1 aliphatic rings. The lowest BCUT2D eigenvalue weighted by atomic mass is 9.82. The van der Waals surface area contributed by atoms with Crippen molar-refractivity contribution < 1.29 is 9.59 Å². The lowest BCUT2D eigenvalue weighted by molar-refractivity contribution is 0.0980. The zero-order valence-electron chi connectivity index (χ0n) is 30.1. The standard InChI is InChI=1S/C44H54N2O2/c1-7-15-29-25-31(17-9-3)41(32(26-29)18-10-4)45-37-23-24-38(40-39(37)43(47)35-21-13-14-22-36(35)44(40)48)46-42-33(19-11-5)27-30(16-8-2)28-34(42)20-12-6/h13-14,21-28,45-46H,7-12,15-20H2,1-6H3. The van der Waals surface area contributed by atoms with E-state index in [1.165, 1.54) is 33.4 Å². The van der Waals surface area contributed by atoms with Crippen molar-refractivity contribution in [1.29, 1.82) is 0 Å². The Bertz CT molecular complexity index is 1600. The quantitative estimate of drug-likeness (QED) is 0.112. The van der Waals surface area contributed by atoms with Crippen LogP contribution in [0.3, 0.4) is 0 Å². The number of aryl methyl sites for hydroxylation is 6. The average molecular weight is 643 g/mol. The number of nitrogens with one attached hydrogen (secondary N) is 2. The smallest absolute Gasteiger partial charge is 0.196 e. The van der Waals surface area contributed by atoms with E-state index < -0.39 is 0 Å². The van der Waals surface area contributed by atoms with Crippen molar-refractivity contribution in [2.75, 3.05) is 10.6 Å². The van der Waals surface area contributed by atoms with Crippen molar-refractivity contribution in [2.45, 2.75) is 119 Å². The van der Waals surface area contributed by atoms with E-state index >= 15 is 0 Å². The van der Waals surface area contributed by atoms with Crippen molar-refractivity contribution in [3.63, 3.8) is 0 Å². The summed E-state index contributed by atoms with van der Waals surface area (Å²) in [6, 6.07) is 20.7. The molecular weight excluding hydrogens is 588 g/mol. The molecule has 0 saturated heterocycles. The van der Waals surface area contributed by atoms with Crippen molar-refractivity contribution >= 4 is 34.3 Å². The van der Waals surface area contributed by atoms with Gasteiger partial charge in [0, 0.05) is 22.5 Å². The number of hydrogen-bond acceptors (Lipinski definition) is 4. The molecule has 4 nitrogen and oxygen atoms in total. The first-order chi connectivity index (χ1) is 23.4. The number of ketones is 2. The summed E-state index contributed by atoms with van der Waals surface area (Å²) in [5.74, 6) is -0.215. The number of hydrogen-bond donors (Lipinski definition) is 2. The molecular formula is C44H54N2O2. The summed E-state index contributed by atoms with van der Waals surface area (Å²) in [6.07, 6.45) is 12.2. The summed E-state index contributed by atoms with van der Waals surface area (Å²) in [4.78, 5) is 28.9. The molecule has 0 amide bonds. The molecule has 2 N–H and O–H groups in total. The summed E-state index contributed by atoms with van der Waals surface area (Å²) in [6.45, 7) is 13.3. The Morgan fingerprint density at radius 1 is 0.438 bits per heavy atom. The van der Waals surface area contributed by atoms with Gasteiger partial charge < -0.3 is 10.6 Å². The minimum atomic E-state index is -0.108. The summed E-state index contributed by atoms with van der Waals surface area (Å²) in [7, 11) is 0. The highest BCUT2D eigenvalue weighted by Gasteiger charge is 2.34. The highest BCUT2D eigenvalue weighted by atomic mass is 16.1. The lowest BCUT2D eigenvalue weighted by Gasteiger charge is -2.27. The summed E-state index contributed by atoms with van der Waals surface area (Å²) < 4.78 is 0. The second-order valence-corrected chi connectivity index (χ2v) is 13.4. The van der Waals surface area contributed by atoms with E-state index in [1.54, 1.807) is 12.1 Å². The van der Waals surface area contributed by atoms with E-state index in [2.05, 4.69) is 76.4 Å². The summed E-state index contributed by atoms with van der Waals surface area (Å²) >= 11 is 0. The summed E-state index contributed by atoms with van der Waals surface area (Å²) in [5.41, 5.74) is 13.3. The van der Waals surface area contributed by atoms with Gasteiger partial charge in [0.15, 0.2) is 11.6 Å². The van der Waals surface area contributed by atoms with Gasteiger partial charge >= 0.3 is 0 Å². The third-order valence-electron chi connectivity index (χ3n) is 9.47. The van der Waals surface area contributed by atoms with Crippen molar-refractivity contribution in [3.05, 3.63) is 116 Å². The Kier molecular flexibility index (Phi) is 11.9. The van der Waals surface area contributed by atoms with Gasteiger partial charge in [-0.2, -0.15) is 0 Å². The van der Waals surface area contributed by atoms with Crippen LogP contribution in [0.2, 0.25) is 0 Å². The number of benzene rings is 4. The van der Waals surface area contributed by atoms with Crippen LogP contribution in [-0.4, -0.2) is 11.6 Å². The molecule has 48 heavy (non-hydrogen) atoms. The number of carbonyl (C=O) groups excluding carboxylic acids is 2. The predicted octanol–water partition coefficient (Wildman–Crippen LogP) is 11.7. The van der Waals surface area contributed by atoms with E-state index in [1.807, 2.05) is 24.3 Å². The van der Waals surface area contributed by atoms with Crippen LogP contribution < -0.4 is 10.6 Å². The maximum Gasteiger partial charge on any atom is 0.196 e. The van der Waals surface area contributed by atoms with Crippen LogP contribution in [-0.2, 0) is 38.5 Å². The maximum atomic E-state index is 14.5. The SMILES string of the molecule is CCCc1cc(CCC)c(Nc2ccc(Nc3c(CCC)cc(CCC)cc3CCC)c3c2C(=O)c2ccccc2C3=O)c(CCC)c1. The molecule has 5 rings (SSSR count). The van der Waals surface area contributed by atoms with E-state index in [0.29, 0.717) is 33.6 Å². The molecule has 0 aromatic heterocycles. The minimum Gasteiger partial charge on any atom is -0.354 e. The second kappa shape index (κ2) is 16.3. The molecule has 0 unspecified atom stereocenters. The molecule has 0 bridgehead atoms. The molecule has 0 saturated carbocycles. The fraction of sp³-hybridized carbons (Fsp3) is 0.409. The summed E-state index contributed by atoms with van der Waals surface area (Å²) in [5, 5.41) is 7.53. The van der Waals surface area contributed by atoms with Crippen LogP contribution in [0, 0.1) is 0 Å². The molecule has 0 atom stereocenters. The molecule has 252 valence electrons. The van der Waals surface area contributed by atoms with Gasteiger partial charge in [0.2, 0.25) is 0 Å². The van der Waals surface area contributed by atoms with Crippen molar-refractivity contribution in [1.82, 2.24) is 0 Å². The zero-order valence-corrected chi connectivity index (χ0v) is 30.1. The third-order valence-corrected chi connectivity index (χ3v) is 9.47. The Labute approximate surface area is 288 Å². The van der Waals surface area contributed by atoms with Gasteiger partial charge in [0.25, 0.3) is 0 Å². The fourth-order valence-corrected chi connectivity index (χ4v) is 7.43. The number of anilines is 4. The molecule has 4 aromatic rings. The first-order valence-electron chi connectivity index (χ1n) is 18.6. The second-order valence-electron chi connectivity index (χ2n) is 13.4. The lowest BCUT2D eigenvalue weighted by Crippen LogP contribution is -2.24. The highest BCUT2D eigenvalue weighted by Crippen LogP contribution is 2.41. The Balaban J connectivity index is 1.71.